The molecule has 0 fully saturated rings. The van der Waals surface area contributed by atoms with Gasteiger partial charge in [0.05, 0.1) is 11.2 Å². The first-order chi connectivity index (χ1) is 14.4. The molecule has 0 aliphatic carbocycles. The molecule has 0 unspecified atom stereocenters. The lowest BCUT2D eigenvalue weighted by molar-refractivity contribution is 0.0176. The van der Waals surface area contributed by atoms with E-state index in [9.17, 15) is 8.78 Å². The van der Waals surface area contributed by atoms with Crippen LogP contribution in [0.3, 0.4) is 0 Å². The zero-order chi connectivity index (χ0) is 22.1. The quantitative estimate of drug-likeness (QED) is 0.387. The third-order valence-corrected chi connectivity index (χ3v) is 4.89. The highest BCUT2D eigenvalue weighted by atomic mass is 32.2. The van der Waals surface area contributed by atoms with Gasteiger partial charge in [-0.3, -0.25) is 4.98 Å². The van der Waals surface area contributed by atoms with Crippen molar-refractivity contribution < 1.29 is 8.78 Å². The van der Waals surface area contributed by atoms with E-state index < -0.39 is 5.92 Å². The molecule has 4 rings (SSSR count). The van der Waals surface area contributed by atoms with E-state index >= 15 is 0 Å². The molecule has 3 heterocycles. The second kappa shape index (κ2) is 10.8. The Morgan fingerprint density at radius 3 is 2.57 bits per heavy atom. The molecular formula is C22H25F2N5S. The number of fused-ring (bicyclic) bond motifs is 2. The lowest BCUT2D eigenvalue weighted by Gasteiger charge is -2.10. The molecule has 0 aliphatic heterocycles. The Hall–Kier alpha value is -2.87. The van der Waals surface area contributed by atoms with Gasteiger partial charge in [0, 0.05) is 29.0 Å². The number of alkyl halides is 2. The van der Waals surface area contributed by atoms with Crippen LogP contribution in [0.15, 0.2) is 61.1 Å². The highest BCUT2D eigenvalue weighted by Gasteiger charge is 2.24. The Balaban J connectivity index is 0.000000197. The summed E-state index contributed by atoms with van der Waals surface area (Å²) >= 11 is 1.68. The van der Waals surface area contributed by atoms with E-state index in [1.165, 1.54) is 12.1 Å². The molecule has 0 amide bonds. The van der Waals surface area contributed by atoms with Gasteiger partial charge in [-0.15, -0.1) is 22.0 Å². The average molecular weight is 430 g/mol. The Morgan fingerprint density at radius 2 is 1.90 bits per heavy atom. The van der Waals surface area contributed by atoms with Crippen LogP contribution in [0.4, 0.5) is 8.78 Å². The molecule has 1 aromatic carbocycles. The normalized spacial score (nSPS) is 11.5. The third kappa shape index (κ3) is 5.82. The summed E-state index contributed by atoms with van der Waals surface area (Å²) in [7, 11) is 0. The molecular weight excluding hydrogens is 404 g/mol. The molecule has 0 spiro atoms. The number of hydrogen-bond acceptors (Lipinski definition) is 5. The van der Waals surface area contributed by atoms with Gasteiger partial charge in [0.15, 0.2) is 5.65 Å². The Morgan fingerprint density at radius 1 is 1.13 bits per heavy atom. The maximum Gasteiger partial charge on any atom is 0.270 e. The van der Waals surface area contributed by atoms with Gasteiger partial charge in [0.2, 0.25) is 0 Å². The van der Waals surface area contributed by atoms with Gasteiger partial charge in [-0.05, 0) is 43.5 Å². The maximum absolute atomic E-state index is 13.0. The number of benzene rings is 1. The minimum atomic E-state index is -2.79. The molecule has 0 saturated heterocycles. The van der Waals surface area contributed by atoms with Crippen molar-refractivity contribution in [2.75, 3.05) is 6.26 Å². The van der Waals surface area contributed by atoms with Crippen LogP contribution in [0.2, 0.25) is 0 Å². The maximum atomic E-state index is 13.0. The SMILES string of the molecule is C/C=C(\SC)c1ccc2nncn2n1.CC.CC(F)(F)c1ccc2ncccc2c1. The summed E-state index contributed by atoms with van der Waals surface area (Å²) in [5.74, 6) is -2.79. The van der Waals surface area contributed by atoms with Gasteiger partial charge >= 0.3 is 0 Å². The van der Waals surface area contributed by atoms with Crippen molar-refractivity contribution in [1.82, 2.24) is 24.8 Å². The first-order valence-corrected chi connectivity index (χ1v) is 10.8. The first-order valence-electron chi connectivity index (χ1n) is 9.53. The summed E-state index contributed by atoms with van der Waals surface area (Å²) in [6.45, 7) is 6.90. The number of nitrogens with zero attached hydrogens (tertiary/aromatic N) is 5. The van der Waals surface area contributed by atoms with Crippen LogP contribution in [0, 0.1) is 0 Å². The highest BCUT2D eigenvalue weighted by molar-refractivity contribution is 8.07. The van der Waals surface area contributed by atoms with E-state index in [0.717, 1.165) is 34.1 Å². The Bertz CT molecular complexity index is 1120. The number of pyridine rings is 1. The summed E-state index contributed by atoms with van der Waals surface area (Å²) in [5.41, 5.74) is 2.48. The molecule has 0 bridgehead atoms. The zero-order valence-electron chi connectivity index (χ0n) is 17.7. The van der Waals surface area contributed by atoms with Gasteiger partial charge < -0.3 is 0 Å². The minimum absolute atomic E-state index is 0.0259. The van der Waals surface area contributed by atoms with Gasteiger partial charge in [-0.2, -0.15) is 9.61 Å². The van der Waals surface area contributed by atoms with Gasteiger partial charge in [0.25, 0.3) is 5.92 Å². The molecule has 30 heavy (non-hydrogen) atoms. The predicted molar refractivity (Wildman–Crippen MR) is 121 cm³/mol. The summed E-state index contributed by atoms with van der Waals surface area (Å²) in [5, 5.41) is 12.8. The summed E-state index contributed by atoms with van der Waals surface area (Å²) in [4.78, 5) is 5.21. The van der Waals surface area contributed by atoms with Crippen LogP contribution in [0.5, 0.6) is 0 Å². The average Bonchev–Trinajstić information content (AvgIpc) is 3.24. The van der Waals surface area contributed by atoms with Gasteiger partial charge in [-0.25, -0.2) is 8.78 Å². The Kier molecular flexibility index (Phi) is 8.41. The topological polar surface area (TPSA) is 56.0 Å². The van der Waals surface area contributed by atoms with Crippen molar-refractivity contribution in [2.45, 2.75) is 33.6 Å². The molecule has 158 valence electrons. The largest absolute Gasteiger partial charge is 0.270 e. The van der Waals surface area contributed by atoms with Crippen LogP contribution < -0.4 is 0 Å². The Labute approximate surface area is 179 Å². The van der Waals surface area contributed by atoms with E-state index in [1.807, 2.05) is 45.2 Å². The molecule has 3 aromatic heterocycles. The van der Waals surface area contributed by atoms with Crippen LogP contribution in [-0.2, 0) is 5.92 Å². The lowest BCUT2D eigenvalue weighted by Crippen LogP contribution is -2.06. The van der Waals surface area contributed by atoms with Crippen molar-refractivity contribution >= 4 is 33.2 Å². The van der Waals surface area contributed by atoms with Gasteiger partial charge in [0.1, 0.15) is 6.33 Å². The van der Waals surface area contributed by atoms with Crippen LogP contribution in [0.1, 0.15) is 39.0 Å². The van der Waals surface area contributed by atoms with Crippen molar-refractivity contribution in [3.63, 3.8) is 0 Å². The van der Waals surface area contributed by atoms with E-state index in [2.05, 4.69) is 20.3 Å². The van der Waals surface area contributed by atoms with E-state index in [1.54, 1.807) is 47.0 Å². The fraction of sp³-hybridized carbons (Fsp3) is 0.273. The van der Waals surface area contributed by atoms with E-state index in [-0.39, 0.29) is 5.56 Å². The minimum Gasteiger partial charge on any atom is -0.256 e. The number of allylic oxidation sites excluding steroid dienone is 1. The second-order valence-corrected chi connectivity index (χ2v) is 6.86. The number of thioether (sulfide) groups is 1. The van der Waals surface area contributed by atoms with Crippen molar-refractivity contribution in [3.8, 4) is 0 Å². The zero-order valence-corrected chi connectivity index (χ0v) is 18.5. The number of hydrogen-bond donors (Lipinski definition) is 0. The molecule has 0 aliphatic rings. The molecule has 0 radical (unpaired) electrons. The van der Waals surface area contributed by atoms with Gasteiger partial charge in [-0.1, -0.05) is 32.1 Å². The first kappa shape index (κ1) is 23.4. The predicted octanol–water partition coefficient (Wildman–Crippen LogP) is 6.22. The number of halogens is 2. The monoisotopic (exact) mass is 429 g/mol. The number of rotatable bonds is 3. The van der Waals surface area contributed by atoms with Crippen molar-refractivity contribution in [1.29, 1.82) is 0 Å². The molecule has 0 N–H and O–H groups in total. The highest BCUT2D eigenvalue weighted by Crippen LogP contribution is 2.28. The second-order valence-electron chi connectivity index (χ2n) is 6.01. The summed E-state index contributed by atoms with van der Waals surface area (Å²) in [6, 6.07) is 11.9. The third-order valence-electron chi connectivity index (χ3n) is 4.01. The summed E-state index contributed by atoms with van der Waals surface area (Å²) < 4.78 is 27.6. The molecule has 0 atom stereocenters. The fourth-order valence-electron chi connectivity index (χ4n) is 2.58. The van der Waals surface area contributed by atoms with Crippen LogP contribution in [-0.4, -0.2) is 31.1 Å². The van der Waals surface area contributed by atoms with Crippen LogP contribution >= 0.6 is 11.8 Å². The van der Waals surface area contributed by atoms with E-state index in [4.69, 9.17) is 0 Å². The molecule has 5 nitrogen and oxygen atoms in total. The molecule has 4 aromatic rings. The van der Waals surface area contributed by atoms with Crippen LogP contribution in [0.25, 0.3) is 21.5 Å². The van der Waals surface area contributed by atoms with E-state index in [0.29, 0.717) is 0 Å². The van der Waals surface area contributed by atoms with Crippen molar-refractivity contribution in [3.05, 3.63) is 72.3 Å². The molecule has 8 heteroatoms. The number of aromatic nitrogens is 5. The van der Waals surface area contributed by atoms with Crippen molar-refractivity contribution in [2.24, 2.45) is 0 Å². The molecule has 0 saturated carbocycles. The smallest absolute Gasteiger partial charge is 0.256 e. The standard InChI is InChI=1S/C11H9F2N.C9H10N4S.C2H6/c1-11(12,13)9-4-5-10-8(7-9)3-2-6-14-10;1-3-8(14-2)7-4-5-9-11-10-6-13(9)12-7;1-2/h2-7H,1H3;3-6H,1-2H3;1-2H3/b;8-3-;. The fourth-order valence-corrected chi connectivity index (χ4v) is 3.13. The summed E-state index contributed by atoms with van der Waals surface area (Å²) in [6.07, 6.45) is 7.33. The lowest BCUT2D eigenvalue weighted by atomic mass is 10.1.